The Kier molecular flexibility index (Phi) is 3.58. The third kappa shape index (κ3) is 2.61. The largest absolute Gasteiger partial charge is 0.377 e. The van der Waals surface area contributed by atoms with Crippen molar-refractivity contribution < 1.29 is 4.74 Å². The Morgan fingerprint density at radius 3 is 2.70 bits per heavy atom. The fourth-order valence-corrected chi connectivity index (χ4v) is 2.20. The zero-order chi connectivity index (χ0) is 13.9. The van der Waals surface area contributed by atoms with E-state index in [2.05, 4.69) is 15.0 Å². The molecule has 0 saturated carbocycles. The zero-order valence-corrected chi connectivity index (χ0v) is 11.6. The number of para-hydroxylation sites is 1. The maximum absolute atomic E-state index is 6.02. The van der Waals surface area contributed by atoms with E-state index >= 15 is 0 Å². The molecule has 0 atom stereocenters. The van der Waals surface area contributed by atoms with Crippen molar-refractivity contribution in [2.75, 3.05) is 7.11 Å². The van der Waals surface area contributed by atoms with Crippen molar-refractivity contribution in [3.8, 4) is 11.4 Å². The zero-order valence-electron chi connectivity index (χ0n) is 10.9. The summed E-state index contributed by atoms with van der Waals surface area (Å²) in [5.41, 5.74) is 2.39. The molecule has 0 aliphatic carbocycles. The summed E-state index contributed by atoms with van der Waals surface area (Å²) in [7, 11) is 1.60. The first-order chi connectivity index (χ1) is 9.76. The summed E-state index contributed by atoms with van der Waals surface area (Å²) in [5, 5.41) is 1.48. The summed E-state index contributed by atoms with van der Waals surface area (Å²) in [6, 6.07) is 13.6. The molecule has 4 nitrogen and oxygen atoms in total. The lowest BCUT2D eigenvalue weighted by Gasteiger charge is -2.05. The van der Waals surface area contributed by atoms with E-state index in [1.807, 2.05) is 36.4 Å². The lowest BCUT2D eigenvalue weighted by atomic mass is 10.2. The fraction of sp³-hybridized carbons (Fsp3) is 0.133. The van der Waals surface area contributed by atoms with Crippen LogP contribution in [0.3, 0.4) is 0 Å². The predicted octanol–water partition coefficient (Wildman–Crippen LogP) is 3.49. The van der Waals surface area contributed by atoms with Crippen LogP contribution in [0.25, 0.3) is 22.3 Å². The number of nitrogens with zero attached hydrogens (tertiary/aromatic N) is 3. The van der Waals surface area contributed by atoms with Crippen LogP contribution >= 0.6 is 11.6 Å². The SMILES string of the molecule is COCc1nc(Cl)cc(-c2ccc3ccccc3n2)n1. The topological polar surface area (TPSA) is 47.9 Å². The number of halogens is 1. The van der Waals surface area contributed by atoms with Gasteiger partial charge in [0.25, 0.3) is 0 Å². The lowest BCUT2D eigenvalue weighted by molar-refractivity contribution is 0.178. The fourth-order valence-electron chi connectivity index (χ4n) is 2.00. The molecule has 0 aliphatic heterocycles. The van der Waals surface area contributed by atoms with Gasteiger partial charge in [-0.15, -0.1) is 0 Å². The highest BCUT2D eigenvalue weighted by Crippen LogP contribution is 2.21. The molecule has 0 aliphatic rings. The summed E-state index contributed by atoms with van der Waals surface area (Å²) in [5.74, 6) is 0.546. The molecule has 0 fully saturated rings. The van der Waals surface area contributed by atoms with Crippen LogP contribution in [0.1, 0.15) is 5.82 Å². The first-order valence-electron chi connectivity index (χ1n) is 6.15. The van der Waals surface area contributed by atoms with Gasteiger partial charge in [-0.25, -0.2) is 15.0 Å². The molecule has 20 heavy (non-hydrogen) atoms. The second-order valence-corrected chi connectivity index (χ2v) is 4.70. The molecule has 3 aromatic rings. The van der Waals surface area contributed by atoms with E-state index in [-0.39, 0.29) is 0 Å². The second-order valence-electron chi connectivity index (χ2n) is 4.31. The van der Waals surface area contributed by atoms with Gasteiger partial charge in [0.2, 0.25) is 0 Å². The molecule has 0 N–H and O–H groups in total. The number of benzene rings is 1. The van der Waals surface area contributed by atoms with Crippen molar-refractivity contribution in [3.63, 3.8) is 0 Å². The Morgan fingerprint density at radius 2 is 1.85 bits per heavy atom. The van der Waals surface area contributed by atoms with Crippen LogP contribution in [0.5, 0.6) is 0 Å². The maximum Gasteiger partial charge on any atom is 0.156 e. The molecule has 0 unspecified atom stereocenters. The second kappa shape index (κ2) is 5.53. The molecule has 0 bridgehead atoms. The molecule has 2 heterocycles. The predicted molar refractivity (Wildman–Crippen MR) is 78.5 cm³/mol. The molecule has 0 saturated heterocycles. The van der Waals surface area contributed by atoms with Crippen LogP contribution in [0.4, 0.5) is 0 Å². The highest BCUT2D eigenvalue weighted by atomic mass is 35.5. The van der Waals surface area contributed by atoms with Gasteiger partial charge < -0.3 is 4.74 Å². The van der Waals surface area contributed by atoms with Gasteiger partial charge in [0, 0.05) is 18.6 Å². The number of methoxy groups -OCH3 is 1. The summed E-state index contributed by atoms with van der Waals surface area (Å²) < 4.78 is 5.04. The first-order valence-corrected chi connectivity index (χ1v) is 6.52. The van der Waals surface area contributed by atoms with Crippen molar-refractivity contribution in [3.05, 3.63) is 53.4 Å². The first kappa shape index (κ1) is 13.0. The Bertz CT molecular complexity index is 761. The van der Waals surface area contributed by atoms with E-state index in [0.29, 0.717) is 23.3 Å². The van der Waals surface area contributed by atoms with Crippen molar-refractivity contribution in [1.29, 1.82) is 0 Å². The third-order valence-electron chi connectivity index (χ3n) is 2.88. The number of hydrogen-bond donors (Lipinski definition) is 0. The monoisotopic (exact) mass is 285 g/mol. The van der Waals surface area contributed by atoms with E-state index in [1.54, 1.807) is 13.2 Å². The smallest absolute Gasteiger partial charge is 0.156 e. The maximum atomic E-state index is 6.02. The minimum atomic E-state index is 0.321. The van der Waals surface area contributed by atoms with Crippen LogP contribution < -0.4 is 0 Å². The minimum absolute atomic E-state index is 0.321. The number of aromatic nitrogens is 3. The number of ether oxygens (including phenoxy) is 1. The molecule has 1 aromatic carbocycles. The van der Waals surface area contributed by atoms with Crippen molar-refractivity contribution in [2.45, 2.75) is 6.61 Å². The van der Waals surface area contributed by atoms with Crippen LogP contribution in [-0.2, 0) is 11.3 Å². The van der Waals surface area contributed by atoms with E-state index < -0.39 is 0 Å². The van der Waals surface area contributed by atoms with Crippen LogP contribution in [0, 0.1) is 0 Å². The van der Waals surface area contributed by atoms with E-state index in [9.17, 15) is 0 Å². The molecule has 3 rings (SSSR count). The molecule has 0 spiro atoms. The third-order valence-corrected chi connectivity index (χ3v) is 3.07. The molecular formula is C15H12ClN3O. The highest BCUT2D eigenvalue weighted by Gasteiger charge is 2.07. The van der Waals surface area contributed by atoms with Crippen LogP contribution in [-0.4, -0.2) is 22.1 Å². The molecule has 0 radical (unpaired) electrons. The van der Waals surface area contributed by atoms with Gasteiger partial charge in [0.15, 0.2) is 5.82 Å². The van der Waals surface area contributed by atoms with E-state index in [1.165, 1.54) is 0 Å². The van der Waals surface area contributed by atoms with Crippen LogP contribution in [0.15, 0.2) is 42.5 Å². The quantitative estimate of drug-likeness (QED) is 0.691. The van der Waals surface area contributed by atoms with E-state index in [0.717, 1.165) is 16.6 Å². The van der Waals surface area contributed by atoms with Crippen molar-refractivity contribution >= 4 is 22.5 Å². The summed E-state index contributed by atoms with van der Waals surface area (Å²) in [4.78, 5) is 13.1. The highest BCUT2D eigenvalue weighted by molar-refractivity contribution is 6.29. The molecule has 5 heteroatoms. The number of fused-ring (bicyclic) bond motifs is 1. The van der Waals surface area contributed by atoms with Crippen molar-refractivity contribution in [1.82, 2.24) is 15.0 Å². The number of hydrogen-bond acceptors (Lipinski definition) is 4. The van der Waals surface area contributed by atoms with Gasteiger partial charge in [0.05, 0.1) is 16.9 Å². The van der Waals surface area contributed by atoms with Crippen molar-refractivity contribution in [2.24, 2.45) is 0 Å². The Morgan fingerprint density at radius 1 is 1.00 bits per heavy atom. The van der Waals surface area contributed by atoms with Gasteiger partial charge >= 0.3 is 0 Å². The summed E-state index contributed by atoms with van der Waals surface area (Å²) in [6.45, 7) is 0.321. The van der Waals surface area contributed by atoms with E-state index in [4.69, 9.17) is 16.3 Å². The standard InChI is InChI=1S/C15H12ClN3O/c1-20-9-15-18-13(8-14(16)19-15)12-7-6-10-4-2-3-5-11(10)17-12/h2-8H,9H2,1H3. The molecular weight excluding hydrogens is 274 g/mol. The summed E-state index contributed by atoms with van der Waals surface area (Å²) >= 11 is 6.02. The van der Waals surface area contributed by atoms with Crippen LogP contribution in [0.2, 0.25) is 5.15 Å². The van der Waals surface area contributed by atoms with Gasteiger partial charge in [-0.05, 0) is 12.1 Å². The van der Waals surface area contributed by atoms with Gasteiger partial charge in [-0.3, -0.25) is 0 Å². The molecule has 0 amide bonds. The summed E-state index contributed by atoms with van der Waals surface area (Å²) in [6.07, 6.45) is 0. The Balaban J connectivity index is 2.10. The van der Waals surface area contributed by atoms with Gasteiger partial charge in [-0.1, -0.05) is 35.9 Å². The molecule has 100 valence electrons. The molecule has 2 aromatic heterocycles. The Hall–Kier alpha value is -2.04. The average molecular weight is 286 g/mol. The van der Waals surface area contributed by atoms with Gasteiger partial charge in [-0.2, -0.15) is 0 Å². The Labute approximate surface area is 121 Å². The normalized spacial score (nSPS) is 10.9. The minimum Gasteiger partial charge on any atom is -0.377 e. The number of pyridine rings is 1. The van der Waals surface area contributed by atoms with Gasteiger partial charge in [0.1, 0.15) is 11.8 Å². The average Bonchev–Trinajstić information content (AvgIpc) is 2.46. The lowest BCUT2D eigenvalue weighted by Crippen LogP contribution is -1.99. The number of rotatable bonds is 3.